The van der Waals surface area contributed by atoms with Crippen molar-refractivity contribution in [1.29, 1.82) is 5.26 Å². The number of nitrogens with one attached hydrogen (secondary N) is 1. The van der Waals surface area contributed by atoms with Crippen LogP contribution in [0, 0.1) is 11.3 Å². The number of carbonyl (C=O) groups is 1. The molecule has 152 valence electrons. The Morgan fingerprint density at radius 3 is 2.59 bits per heavy atom. The molecule has 2 aromatic rings. The third-order valence-electron chi connectivity index (χ3n) is 5.43. The summed E-state index contributed by atoms with van der Waals surface area (Å²) in [6.45, 7) is 7.40. The fourth-order valence-electron chi connectivity index (χ4n) is 3.73. The van der Waals surface area contributed by atoms with Crippen LogP contribution in [0.15, 0.2) is 42.0 Å². The van der Waals surface area contributed by atoms with Crippen molar-refractivity contribution in [3.8, 4) is 6.07 Å². The number of ether oxygens (including phenoxy) is 1. The van der Waals surface area contributed by atoms with Gasteiger partial charge < -0.3 is 15.0 Å². The van der Waals surface area contributed by atoms with Crippen LogP contribution >= 0.6 is 0 Å². The zero-order valence-corrected chi connectivity index (χ0v) is 17.3. The Morgan fingerprint density at radius 2 is 1.86 bits per heavy atom. The summed E-state index contributed by atoms with van der Waals surface area (Å²) in [7, 11) is 0. The zero-order valence-electron chi connectivity index (χ0n) is 17.3. The number of rotatable bonds is 7. The standard InChI is InChI=1S/C24H29N3O2/c1-3-29-14-11-26-24(28)23(17-25)18(2)19-7-8-21-16-22(10-9-20(21)15-19)27-12-5-4-6-13-27/h7-10,15-16H,3-6,11-14H2,1-2H3,(H,26,28)/b23-18+. The average molecular weight is 392 g/mol. The molecule has 0 atom stereocenters. The van der Waals surface area contributed by atoms with Gasteiger partial charge in [-0.3, -0.25) is 4.79 Å². The molecule has 0 spiro atoms. The Bertz CT molecular complexity index is 937. The second-order valence-corrected chi connectivity index (χ2v) is 7.36. The Kier molecular flexibility index (Phi) is 7.26. The molecule has 0 bridgehead atoms. The average Bonchev–Trinajstić information content (AvgIpc) is 2.77. The van der Waals surface area contributed by atoms with Crippen molar-refractivity contribution >= 4 is 27.9 Å². The van der Waals surface area contributed by atoms with Gasteiger partial charge in [0.2, 0.25) is 0 Å². The van der Waals surface area contributed by atoms with Crippen molar-refractivity contribution in [1.82, 2.24) is 5.32 Å². The number of nitrogens with zero attached hydrogens (tertiary/aromatic N) is 2. The molecule has 5 nitrogen and oxygen atoms in total. The number of nitriles is 1. The summed E-state index contributed by atoms with van der Waals surface area (Å²) in [5.74, 6) is -0.356. The molecule has 1 amide bonds. The van der Waals surface area contributed by atoms with Crippen molar-refractivity contribution < 1.29 is 9.53 Å². The van der Waals surface area contributed by atoms with Crippen LogP contribution in [0.1, 0.15) is 38.7 Å². The Labute approximate surface area is 173 Å². The minimum Gasteiger partial charge on any atom is -0.380 e. The molecule has 29 heavy (non-hydrogen) atoms. The molecular formula is C24H29N3O2. The van der Waals surface area contributed by atoms with E-state index < -0.39 is 0 Å². The highest BCUT2D eigenvalue weighted by molar-refractivity contribution is 6.05. The molecule has 1 heterocycles. The van der Waals surface area contributed by atoms with Crippen LogP contribution in [0.4, 0.5) is 5.69 Å². The molecule has 0 radical (unpaired) electrons. The second kappa shape index (κ2) is 10.1. The third-order valence-corrected chi connectivity index (χ3v) is 5.43. The molecule has 5 heteroatoms. The van der Waals surface area contributed by atoms with Gasteiger partial charge in [0, 0.05) is 31.9 Å². The lowest BCUT2D eigenvalue weighted by Crippen LogP contribution is -2.29. The number of hydrogen-bond acceptors (Lipinski definition) is 4. The van der Waals surface area contributed by atoms with Crippen LogP contribution in [0.3, 0.4) is 0 Å². The van der Waals surface area contributed by atoms with E-state index in [0.29, 0.717) is 25.3 Å². The van der Waals surface area contributed by atoms with Gasteiger partial charge in [-0.05, 0) is 73.2 Å². The van der Waals surface area contributed by atoms with Gasteiger partial charge in [-0.25, -0.2) is 0 Å². The van der Waals surface area contributed by atoms with E-state index in [0.717, 1.165) is 24.0 Å². The highest BCUT2D eigenvalue weighted by Gasteiger charge is 2.15. The number of anilines is 1. The second-order valence-electron chi connectivity index (χ2n) is 7.36. The Hall–Kier alpha value is -2.84. The van der Waals surface area contributed by atoms with Gasteiger partial charge >= 0.3 is 0 Å². The van der Waals surface area contributed by atoms with E-state index >= 15 is 0 Å². The van der Waals surface area contributed by atoms with Crippen molar-refractivity contribution in [3.63, 3.8) is 0 Å². The summed E-state index contributed by atoms with van der Waals surface area (Å²) < 4.78 is 5.23. The molecule has 3 rings (SSSR count). The van der Waals surface area contributed by atoms with Gasteiger partial charge in [0.25, 0.3) is 5.91 Å². The van der Waals surface area contributed by atoms with Crippen LogP contribution < -0.4 is 10.2 Å². The first-order valence-electron chi connectivity index (χ1n) is 10.4. The number of allylic oxidation sites excluding steroid dienone is 1. The SMILES string of the molecule is CCOCCNC(=O)/C(C#N)=C(\C)c1ccc2cc(N3CCCCC3)ccc2c1. The molecule has 1 fully saturated rings. The number of piperidine rings is 1. The van der Waals surface area contributed by atoms with E-state index in [1.165, 1.54) is 30.3 Å². The molecular weight excluding hydrogens is 362 g/mol. The summed E-state index contributed by atoms with van der Waals surface area (Å²) in [4.78, 5) is 14.8. The minimum absolute atomic E-state index is 0.144. The van der Waals surface area contributed by atoms with Gasteiger partial charge in [0.1, 0.15) is 11.6 Å². The van der Waals surface area contributed by atoms with Crippen molar-refractivity contribution in [3.05, 3.63) is 47.5 Å². The first-order valence-corrected chi connectivity index (χ1v) is 10.4. The van der Waals surface area contributed by atoms with E-state index in [-0.39, 0.29) is 11.5 Å². The van der Waals surface area contributed by atoms with Crippen LogP contribution in [0.25, 0.3) is 16.3 Å². The molecule has 1 aliphatic rings. The van der Waals surface area contributed by atoms with Gasteiger partial charge in [-0.15, -0.1) is 0 Å². The summed E-state index contributed by atoms with van der Waals surface area (Å²) in [5, 5.41) is 14.5. The first-order chi connectivity index (χ1) is 14.1. The number of carbonyl (C=O) groups excluding carboxylic acids is 1. The first kappa shape index (κ1) is 20.9. The maximum absolute atomic E-state index is 12.4. The maximum atomic E-state index is 12.4. The van der Waals surface area contributed by atoms with Crippen molar-refractivity contribution in [2.45, 2.75) is 33.1 Å². The molecule has 0 aliphatic carbocycles. The predicted molar refractivity (Wildman–Crippen MR) is 118 cm³/mol. The fourth-order valence-corrected chi connectivity index (χ4v) is 3.73. The lowest BCUT2D eigenvalue weighted by molar-refractivity contribution is -0.117. The molecule has 0 unspecified atom stereocenters. The number of fused-ring (bicyclic) bond motifs is 1. The van der Waals surface area contributed by atoms with E-state index in [1.807, 2.05) is 19.9 Å². The predicted octanol–water partition coefficient (Wildman–Crippen LogP) is 4.28. The summed E-state index contributed by atoms with van der Waals surface area (Å²) in [5.41, 5.74) is 2.98. The molecule has 1 aliphatic heterocycles. The molecule has 0 saturated carbocycles. The van der Waals surface area contributed by atoms with Crippen LogP contribution in [-0.4, -0.2) is 38.8 Å². The maximum Gasteiger partial charge on any atom is 0.262 e. The largest absolute Gasteiger partial charge is 0.380 e. The molecule has 1 saturated heterocycles. The minimum atomic E-state index is -0.356. The molecule has 2 aromatic carbocycles. The topological polar surface area (TPSA) is 65.4 Å². The zero-order chi connectivity index (χ0) is 20.6. The van der Waals surface area contributed by atoms with Gasteiger partial charge in [0.05, 0.1) is 6.61 Å². The Morgan fingerprint density at radius 1 is 1.14 bits per heavy atom. The molecule has 0 aromatic heterocycles. The van der Waals surface area contributed by atoms with Crippen molar-refractivity contribution in [2.24, 2.45) is 0 Å². The van der Waals surface area contributed by atoms with Crippen molar-refractivity contribution in [2.75, 3.05) is 37.7 Å². The van der Waals surface area contributed by atoms with E-state index in [4.69, 9.17) is 4.74 Å². The van der Waals surface area contributed by atoms with Gasteiger partial charge in [0.15, 0.2) is 0 Å². The number of benzene rings is 2. The van der Waals surface area contributed by atoms with Crippen LogP contribution in [0.5, 0.6) is 0 Å². The van der Waals surface area contributed by atoms with E-state index in [9.17, 15) is 10.1 Å². The fraction of sp³-hybridized carbons (Fsp3) is 0.417. The van der Waals surface area contributed by atoms with Crippen LogP contribution in [0.2, 0.25) is 0 Å². The third kappa shape index (κ3) is 5.16. The smallest absolute Gasteiger partial charge is 0.262 e. The lowest BCUT2D eigenvalue weighted by Gasteiger charge is -2.29. The van der Waals surface area contributed by atoms with Crippen LogP contribution in [-0.2, 0) is 9.53 Å². The lowest BCUT2D eigenvalue weighted by atomic mass is 9.98. The number of hydrogen-bond donors (Lipinski definition) is 1. The highest BCUT2D eigenvalue weighted by atomic mass is 16.5. The highest BCUT2D eigenvalue weighted by Crippen LogP contribution is 2.28. The summed E-state index contributed by atoms with van der Waals surface area (Å²) in [6, 6.07) is 14.7. The van der Waals surface area contributed by atoms with Gasteiger partial charge in [-0.1, -0.05) is 18.2 Å². The van der Waals surface area contributed by atoms with E-state index in [1.54, 1.807) is 0 Å². The normalized spacial score (nSPS) is 15.0. The Balaban J connectivity index is 1.81. The monoisotopic (exact) mass is 391 g/mol. The quantitative estimate of drug-likeness (QED) is 0.435. The summed E-state index contributed by atoms with van der Waals surface area (Å²) in [6.07, 6.45) is 3.83. The van der Waals surface area contributed by atoms with E-state index in [2.05, 4.69) is 46.6 Å². The molecule has 1 N–H and O–H groups in total. The van der Waals surface area contributed by atoms with Gasteiger partial charge in [-0.2, -0.15) is 5.26 Å². The summed E-state index contributed by atoms with van der Waals surface area (Å²) >= 11 is 0. The number of amides is 1.